The fraction of sp³-hybridized carbons (Fsp3) is 0.526. The summed E-state index contributed by atoms with van der Waals surface area (Å²) in [5.74, 6) is 1.72. The summed E-state index contributed by atoms with van der Waals surface area (Å²) < 4.78 is 7.91. The van der Waals surface area contributed by atoms with Crippen LogP contribution in [0.1, 0.15) is 37.8 Å². The molecule has 0 amide bonds. The molecule has 0 spiro atoms. The van der Waals surface area contributed by atoms with Gasteiger partial charge in [0.25, 0.3) is 0 Å². The van der Waals surface area contributed by atoms with Gasteiger partial charge in [0.2, 0.25) is 0 Å². The number of aromatic nitrogens is 3. The first-order valence-corrected chi connectivity index (χ1v) is 9.11. The molecule has 0 atom stereocenters. The van der Waals surface area contributed by atoms with Gasteiger partial charge in [-0.1, -0.05) is 12.1 Å². The van der Waals surface area contributed by atoms with Crippen molar-refractivity contribution in [2.45, 2.75) is 52.8 Å². The molecule has 0 saturated heterocycles. The van der Waals surface area contributed by atoms with Crippen LogP contribution in [-0.2, 0) is 13.1 Å². The van der Waals surface area contributed by atoms with Crippen molar-refractivity contribution in [1.29, 1.82) is 0 Å². The van der Waals surface area contributed by atoms with E-state index in [1.165, 1.54) is 5.56 Å². The van der Waals surface area contributed by atoms with Crippen LogP contribution in [0, 0.1) is 6.92 Å². The summed E-state index contributed by atoms with van der Waals surface area (Å²) in [4.78, 5) is 4.29. The molecule has 0 aliphatic heterocycles. The van der Waals surface area contributed by atoms with Crippen molar-refractivity contribution in [2.24, 2.45) is 4.99 Å². The first-order valence-electron chi connectivity index (χ1n) is 9.11. The lowest BCUT2D eigenvalue weighted by atomic mass is 10.1. The lowest BCUT2D eigenvalue weighted by Crippen LogP contribution is -2.37. The Labute approximate surface area is 179 Å². The number of benzene rings is 1. The molecule has 0 fully saturated rings. The Morgan fingerprint density at radius 1 is 1.19 bits per heavy atom. The largest absolute Gasteiger partial charge is 0.491 e. The van der Waals surface area contributed by atoms with Crippen LogP contribution in [0.5, 0.6) is 5.75 Å². The number of unbranched alkanes of at least 4 members (excludes halogenated alkanes) is 1. The fourth-order valence-corrected chi connectivity index (χ4v) is 2.53. The molecule has 1 aromatic heterocycles. The maximum atomic E-state index is 5.93. The minimum atomic E-state index is 0. The van der Waals surface area contributed by atoms with Gasteiger partial charge >= 0.3 is 0 Å². The van der Waals surface area contributed by atoms with Crippen LogP contribution in [0.25, 0.3) is 0 Å². The molecule has 0 unspecified atom stereocenters. The van der Waals surface area contributed by atoms with Gasteiger partial charge in [-0.2, -0.15) is 0 Å². The minimum absolute atomic E-state index is 0. The molecule has 7 nitrogen and oxygen atoms in total. The predicted molar refractivity (Wildman–Crippen MR) is 120 cm³/mol. The Morgan fingerprint density at radius 3 is 2.59 bits per heavy atom. The summed E-state index contributed by atoms with van der Waals surface area (Å²) in [6.45, 7) is 8.62. The highest BCUT2D eigenvalue weighted by Gasteiger charge is 2.07. The quantitative estimate of drug-likeness (QED) is 0.247. The van der Waals surface area contributed by atoms with Crippen LogP contribution in [0.3, 0.4) is 0 Å². The van der Waals surface area contributed by atoms with E-state index in [0.29, 0.717) is 6.54 Å². The molecule has 2 rings (SSSR count). The molecule has 1 aromatic carbocycles. The van der Waals surface area contributed by atoms with Crippen LogP contribution in [-0.4, -0.2) is 40.4 Å². The second kappa shape index (κ2) is 12.5. The molecule has 1 heterocycles. The van der Waals surface area contributed by atoms with E-state index in [2.05, 4.69) is 50.9 Å². The van der Waals surface area contributed by atoms with Crippen LogP contribution in [0.15, 0.2) is 35.8 Å². The Kier molecular flexibility index (Phi) is 10.8. The zero-order chi connectivity index (χ0) is 18.8. The molecule has 0 aliphatic rings. The Morgan fingerprint density at radius 2 is 1.93 bits per heavy atom. The summed E-state index contributed by atoms with van der Waals surface area (Å²) in [7, 11) is 1.78. The van der Waals surface area contributed by atoms with Gasteiger partial charge in [-0.3, -0.25) is 4.99 Å². The summed E-state index contributed by atoms with van der Waals surface area (Å²) in [5, 5.41) is 14.3. The van der Waals surface area contributed by atoms with E-state index in [-0.39, 0.29) is 30.1 Å². The molecule has 0 saturated carbocycles. The second-order valence-electron chi connectivity index (χ2n) is 6.54. The first kappa shape index (κ1) is 23.2. The number of aliphatic imine (C=N–C) groups is 1. The van der Waals surface area contributed by atoms with Gasteiger partial charge in [0, 0.05) is 32.2 Å². The number of guanidine groups is 1. The fourth-order valence-electron chi connectivity index (χ4n) is 2.53. The van der Waals surface area contributed by atoms with Crippen molar-refractivity contribution in [3.8, 4) is 5.75 Å². The minimum Gasteiger partial charge on any atom is -0.491 e. The zero-order valence-electron chi connectivity index (χ0n) is 16.6. The summed E-state index contributed by atoms with van der Waals surface area (Å²) >= 11 is 0. The highest BCUT2D eigenvalue weighted by atomic mass is 127. The maximum Gasteiger partial charge on any atom is 0.191 e. The number of halogens is 1. The van der Waals surface area contributed by atoms with Gasteiger partial charge in [-0.05, 0) is 45.2 Å². The third-order valence-electron chi connectivity index (χ3n) is 3.86. The van der Waals surface area contributed by atoms with E-state index in [1.54, 1.807) is 19.7 Å². The van der Waals surface area contributed by atoms with Gasteiger partial charge < -0.3 is 19.9 Å². The van der Waals surface area contributed by atoms with Crippen LogP contribution < -0.4 is 15.4 Å². The van der Waals surface area contributed by atoms with Gasteiger partial charge in [0.05, 0.1) is 6.10 Å². The lowest BCUT2D eigenvalue weighted by molar-refractivity contribution is 0.239. The Hall–Kier alpha value is -1.84. The average Bonchev–Trinajstić information content (AvgIpc) is 3.11. The van der Waals surface area contributed by atoms with E-state index in [9.17, 15) is 0 Å². The van der Waals surface area contributed by atoms with E-state index >= 15 is 0 Å². The van der Waals surface area contributed by atoms with E-state index in [1.807, 2.05) is 18.4 Å². The van der Waals surface area contributed by atoms with E-state index < -0.39 is 0 Å². The first-order chi connectivity index (χ1) is 12.6. The number of hydrogen-bond acceptors (Lipinski definition) is 4. The molecule has 2 aromatic rings. The number of hydrogen-bond donors (Lipinski definition) is 2. The molecule has 0 aliphatic carbocycles. The number of rotatable bonds is 9. The molecule has 8 heteroatoms. The monoisotopic (exact) mass is 486 g/mol. The second-order valence-corrected chi connectivity index (χ2v) is 6.54. The number of nitrogens with one attached hydrogen (secondary N) is 2. The average molecular weight is 486 g/mol. The molecular formula is C19H31IN6O. The molecule has 0 radical (unpaired) electrons. The van der Waals surface area contributed by atoms with Gasteiger partial charge in [0.15, 0.2) is 5.96 Å². The Balaban J connectivity index is 0.00000364. The third kappa shape index (κ3) is 8.59. The number of aryl methyl sites for hydroxylation is 2. The van der Waals surface area contributed by atoms with Crippen LogP contribution >= 0.6 is 24.0 Å². The topological polar surface area (TPSA) is 76.4 Å². The predicted octanol–water partition coefficient (Wildman–Crippen LogP) is 3.14. The van der Waals surface area contributed by atoms with E-state index in [0.717, 1.165) is 43.2 Å². The normalized spacial score (nSPS) is 11.2. The third-order valence-corrected chi connectivity index (χ3v) is 3.86. The standard InChI is InChI=1S/C19H30N6O.HI/c1-15(2)26-18-11-16(3)7-8-17(18)12-22-19(20-4)21-9-5-6-10-25-13-23-24-14-25;/h7-8,11,13-15H,5-6,9-10,12H2,1-4H3,(H2,20,21,22);1H. The van der Waals surface area contributed by atoms with Crippen LogP contribution in [0.4, 0.5) is 0 Å². The van der Waals surface area contributed by atoms with Crippen LogP contribution in [0.2, 0.25) is 0 Å². The summed E-state index contributed by atoms with van der Waals surface area (Å²) in [5.41, 5.74) is 2.32. The molecule has 2 N–H and O–H groups in total. The van der Waals surface area contributed by atoms with E-state index in [4.69, 9.17) is 4.74 Å². The summed E-state index contributed by atoms with van der Waals surface area (Å²) in [6.07, 6.45) is 5.74. The van der Waals surface area contributed by atoms with Gasteiger partial charge in [-0.25, -0.2) is 0 Å². The Bertz CT molecular complexity index is 688. The van der Waals surface area contributed by atoms with Gasteiger partial charge in [-0.15, -0.1) is 34.2 Å². The van der Waals surface area contributed by atoms with Crippen molar-refractivity contribution in [3.05, 3.63) is 42.0 Å². The number of ether oxygens (including phenoxy) is 1. The summed E-state index contributed by atoms with van der Waals surface area (Å²) in [6, 6.07) is 6.29. The highest BCUT2D eigenvalue weighted by molar-refractivity contribution is 14.0. The van der Waals surface area contributed by atoms with Crippen molar-refractivity contribution < 1.29 is 4.74 Å². The van der Waals surface area contributed by atoms with Crippen molar-refractivity contribution in [1.82, 2.24) is 25.4 Å². The SMILES string of the molecule is CN=C(NCCCCn1cnnc1)NCc1ccc(C)cc1OC(C)C.I. The maximum absolute atomic E-state index is 5.93. The van der Waals surface area contributed by atoms with Crippen molar-refractivity contribution in [2.75, 3.05) is 13.6 Å². The van der Waals surface area contributed by atoms with Gasteiger partial charge in [0.1, 0.15) is 18.4 Å². The number of nitrogens with zero attached hydrogens (tertiary/aromatic N) is 4. The van der Waals surface area contributed by atoms with Crippen molar-refractivity contribution in [3.63, 3.8) is 0 Å². The molecule has 27 heavy (non-hydrogen) atoms. The molecular weight excluding hydrogens is 455 g/mol. The smallest absolute Gasteiger partial charge is 0.191 e. The zero-order valence-corrected chi connectivity index (χ0v) is 18.9. The molecule has 150 valence electrons. The highest BCUT2D eigenvalue weighted by Crippen LogP contribution is 2.21. The lowest BCUT2D eigenvalue weighted by Gasteiger charge is -2.17. The molecule has 0 bridgehead atoms. The van der Waals surface area contributed by atoms with Crippen molar-refractivity contribution >= 4 is 29.9 Å².